The van der Waals surface area contributed by atoms with Crippen LogP contribution in [0.15, 0.2) is 72.2 Å². The number of rotatable bonds is 5. The first-order chi connectivity index (χ1) is 10.1. The maximum Gasteiger partial charge on any atom is 2.00 e. The second kappa shape index (κ2) is 12.0. The first-order valence-corrected chi connectivity index (χ1v) is 7.03. The van der Waals surface area contributed by atoms with Gasteiger partial charge in [0, 0.05) is 0 Å². The van der Waals surface area contributed by atoms with Gasteiger partial charge in [-0.25, -0.2) is 6.07 Å². The van der Waals surface area contributed by atoms with E-state index in [1.807, 2.05) is 24.3 Å². The Kier molecular flexibility index (Phi) is 11.1. The van der Waals surface area contributed by atoms with E-state index in [-0.39, 0.29) is 23.0 Å². The number of nitrogens with zero attached hydrogens (tertiary/aromatic N) is 1. The van der Waals surface area contributed by atoms with Crippen molar-refractivity contribution in [3.05, 3.63) is 77.8 Å². The third kappa shape index (κ3) is 9.35. The van der Waals surface area contributed by atoms with Crippen LogP contribution >= 0.6 is 0 Å². The van der Waals surface area contributed by atoms with Gasteiger partial charge in [-0.3, -0.25) is 0 Å². The SMILES string of the molecule is CCO/C([O-])=C/C=C1C=CC=C1.CN(C)Cc1cc[cH-]c1.[Fe+2]. The number of allylic oxidation sites excluding steroid dienone is 7. The van der Waals surface area contributed by atoms with Crippen LogP contribution in [0.3, 0.4) is 0 Å². The van der Waals surface area contributed by atoms with Gasteiger partial charge in [-0.2, -0.15) is 23.8 Å². The Hall–Kier alpha value is -1.61. The summed E-state index contributed by atoms with van der Waals surface area (Å²) in [6.07, 6.45) is 10.9. The third-order valence-corrected chi connectivity index (χ3v) is 2.62. The van der Waals surface area contributed by atoms with Crippen LogP contribution in [-0.4, -0.2) is 25.6 Å². The standard InChI is InChI=1S/C10H12O2.C8H12N.Fe/c1-2-12-10(11)8-7-9-5-3-4-6-9;1-9(2)7-8-5-3-4-6-8;/h3-8,11H,2H2,1H3;3-6H,7H2,1-2H3;/q;-1;+2/p-1/b10-8+;;. The molecule has 0 fully saturated rings. The number of hydrogen-bond donors (Lipinski definition) is 0. The van der Waals surface area contributed by atoms with Crippen LogP contribution in [-0.2, 0) is 28.4 Å². The van der Waals surface area contributed by atoms with E-state index in [0.717, 1.165) is 12.1 Å². The minimum Gasteiger partial charge on any atom is -0.614 e. The Balaban J connectivity index is 0.000000397. The van der Waals surface area contributed by atoms with E-state index in [4.69, 9.17) is 4.74 Å². The molecule has 0 heterocycles. The molecule has 0 bridgehead atoms. The van der Waals surface area contributed by atoms with Crippen molar-refractivity contribution < 1.29 is 26.9 Å². The van der Waals surface area contributed by atoms with Crippen molar-refractivity contribution in [3.63, 3.8) is 0 Å². The summed E-state index contributed by atoms with van der Waals surface area (Å²) in [6.45, 7) is 3.26. The molecule has 0 saturated carbocycles. The molecule has 0 N–H and O–H groups in total. The normalized spacial score (nSPS) is 12.7. The topological polar surface area (TPSA) is 35.5 Å². The quantitative estimate of drug-likeness (QED) is 0.469. The summed E-state index contributed by atoms with van der Waals surface area (Å²) >= 11 is 0. The number of ether oxygens (including phenoxy) is 1. The van der Waals surface area contributed by atoms with Gasteiger partial charge in [-0.15, -0.1) is 0 Å². The second-order valence-electron chi connectivity index (χ2n) is 4.83. The maximum atomic E-state index is 10.8. The van der Waals surface area contributed by atoms with E-state index in [2.05, 4.69) is 43.3 Å². The molecule has 0 unspecified atom stereocenters. The molecule has 22 heavy (non-hydrogen) atoms. The molecule has 0 aliphatic heterocycles. The molecular weight excluding hydrogens is 318 g/mol. The molecule has 0 radical (unpaired) electrons. The van der Waals surface area contributed by atoms with Gasteiger partial charge in [0.1, 0.15) is 0 Å². The van der Waals surface area contributed by atoms with Crippen LogP contribution in [0, 0.1) is 0 Å². The molecule has 2 rings (SSSR count). The van der Waals surface area contributed by atoms with E-state index >= 15 is 0 Å². The van der Waals surface area contributed by atoms with Gasteiger partial charge in [0.15, 0.2) is 0 Å². The Labute approximate surface area is 144 Å². The van der Waals surface area contributed by atoms with Gasteiger partial charge in [-0.05, 0) is 38.9 Å². The molecule has 3 nitrogen and oxygen atoms in total. The fourth-order valence-electron chi connectivity index (χ4n) is 1.74. The fourth-order valence-corrected chi connectivity index (χ4v) is 1.74. The minimum absolute atomic E-state index is 0. The molecule has 0 spiro atoms. The summed E-state index contributed by atoms with van der Waals surface area (Å²) in [5.74, 6) is -0.293. The summed E-state index contributed by atoms with van der Waals surface area (Å²) in [6, 6.07) is 8.41. The molecule has 0 amide bonds. The molecule has 0 atom stereocenters. The van der Waals surface area contributed by atoms with Crippen molar-refractivity contribution in [2.45, 2.75) is 13.5 Å². The molecule has 1 aromatic rings. The third-order valence-electron chi connectivity index (χ3n) is 2.62. The molecule has 120 valence electrons. The van der Waals surface area contributed by atoms with Crippen molar-refractivity contribution in [2.24, 2.45) is 0 Å². The van der Waals surface area contributed by atoms with E-state index in [1.54, 1.807) is 13.0 Å². The van der Waals surface area contributed by atoms with E-state index in [0.29, 0.717) is 6.61 Å². The van der Waals surface area contributed by atoms with Gasteiger partial charge in [0.25, 0.3) is 0 Å². The second-order valence-corrected chi connectivity index (χ2v) is 4.83. The Bertz CT molecular complexity index is 497. The summed E-state index contributed by atoms with van der Waals surface area (Å²) < 4.78 is 4.71. The monoisotopic (exact) mass is 341 g/mol. The van der Waals surface area contributed by atoms with Gasteiger partial charge >= 0.3 is 17.1 Å². The van der Waals surface area contributed by atoms with Crippen molar-refractivity contribution in [2.75, 3.05) is 20.7 Å². The van der Waals surface area contributed by atoms with Gasteiger partial charge in [0.2, 0.25) is 0 Å². The van der Waals surface area contributed by atoms with Crippen LogP contribution in [0.1, 0.15) is 12.5 Å². The fraction of sp³-hybridized carbons (Fsp3) is 0.278. The summed E-state index contributed by atoms with van der Waals surface area (Å²) in [5, 5.41) is 10.8. The number of hydrogen-bond acceptors (Lipinski definition) is 3. The molecule has 1 aliphatic carbocycles. The van der Waals surface area contributed by atoms with Crippen LogP contribution in [0.4, 0.5) is 0 Å². The summed E-state index contributed by atoms with van der Waals surface area (Å²) in [5.41, 5.74) is 2.41. The zero-order valence-corrected chi connectivity index (χ0v) is 14.4. The van der Waals surface area contributed by atoms with Crippen LogP contribution in [0.5, 0.6) is 0 Å². The van der Waals surface area contributed by atoms with E-state index in [1.165, 1.54) is 11.6 Å². The predicted molar refractivity (Wildman–Crippen MR) is 85.5 cm³/mol. The van der Waals surface area contributed by atoms with Gasteiger partial charge < -0.3 is 14.7 Å². The molecule has 4 heteroatoms. The minimum atomic E-state index is -0.293. The van der Waals surface area contributed by atoms with Crippen LogP contribution < -0.4 is 5.11 Å². The van der Waals surface area contributed by atoms with Crippen molar-refractivity contribution in [3.8, 4) is 0 Å². The molecule has 1 aromatic carbocycles. The Morgan fingerprint density at radius 2 is 2.00 bits per heavy atom. The van der Waals surface area contributed by atoms with Gasteiger partial charge in [0.05, 0.1) is 5.95 Å². The van der Waals surface area contributed by atoms with Crippen molar-refractivity contribution >= 4 is 0 Å². The first-order valence-electron chi connectivity index (χ1n) is 7.03. The molecular formula is C18H23FeNO2. The van der Waals surface area contributed by atoms with Crippen molar-refractivity contribution in [1.29, 1.82) is 0 Å². The van der Waals surface area contributed by atoms with Crippen LogP contribution in [0.25, 0.3) is 0 Å². The molecule has 1 aliphatic rings. The average molecular weight is 341 g/mol. The van der Waals surface area contributed by atoms with E-state index < -0.39 is 0 Å². The largest absolute Gasteiger partial charge is 2.00 e. The average Bonchev–Trinajstić information content (AvgIpc) is 3.09. The Morgan fingerprint density at radius 3 is 2.50 bits per heavy atom. The van der Waals surface area contributed by atoms with E-state index in [9.17, 15) is 5.11 Å². The summed E-state index contributed by atoms with van der Waals surface area (Å²) in [7, 11) is 4.15. The first kappa shape index (κ1) is 20.4. The van der Waals surface area contributed by atoms with Crippen molar-refractivity contribution in [1.82, 2.24) is 4.90 Å². The molecule has 0 saturated heterocycles. The zero-order chi connectivity index (χ0) is 15.5. The smallest absolute Gasteiger partial charge is 0.614 e. The van der Waals surface area contributed by atoms with Gasteiger partial charge in [-0.1, -0.05) is 37.3 Å². The Morgan fingerprint density at radius 1 is 1.32 bits per heavy atom. The maximum absolute atomic E-state index is 10.8. The zero-order valence-electron chi connectivity index (χ0n) is 13.3. The summed E-state index contributed by atoms with van der Waals surface area (Å²) in [4.78, 5) is 2.16. The molecule has 0 aromatic heterocycles. The van der Waals surface area contributed by atoms with Crippen LogP contribution in [0.2, 0.25) is 0 Å². The predicted octanol–water partition coefficient (Wildman–Crippen LogP) is 2.74.